The zero-order chi connectivity index (χ0) is 12.4. The van der Waals surface area contributed by atoms with Crippen LogP contribution in [0, 0.1) is 5.92 Å². The second-order valence-electron chi connectivity index (χ2n) is 5.17. The molecule has 2 rings (SSSR count). The van der Waals surface area contributed by atoms with E-state index in [0.717, 1.165) is 18.7 Å². The normalized spacial score (nSPS) is 17.8. The van der Waals surface area contributed by atoms with Crippen molar-refractivity contribution in [2.45, 2.75) is 26.3 Å². The summed E-state index contributed by atoms with van der Waals surface area (Å²) in [6, 6.07) is 8.04. The van der Waals surface area contributed by atoms with Gasteiger partial charge in [-0.05, 0) is 17.5 Å². The van der Waals surface area contributed by atoms with Gasteiger partial charge in [-0.15, -0.1) is 0 Å². The third-order valence-electron chi connectivity index (χ3n) is 3.08. The van der Waals surface area contributed by atoms with E-state index in [1.54, 1.807) is 0 Å². The van der Waals surface area contributed by atoms with Gasteiger partial charge >= 0.3 is 0 Å². The second-order valence-corrected chi connectivity index (χ2v) is 5.17. The molecule has 0 spiro atoms. The van der Waals surface area contributed by atoms with Gasteiger partial charge in [0.1, 0.15) is 6.04 Å². The van der Waals surface area contributed by atoms with Crippen LogP contribution in [0.1, 0.15) is 19.4 Å². The Kier molecular flexibility index (Phi) is 3.36. The molecule has 0 saturated heterocycles. The number of likely N-dealkylation sites (N-methyl/N-ethyl adjacent to an activating group) is 1. The SMILES string of the molecule is CC(C)CN(C)C(=O)[C@@H]1Cc2ccccc2N1. The Hall–Kier alpha value is -1.51. The Labute approximate surface area is 103 Å². The number of fused-ring (bicyclic) bond motifs is 1. The van der Waals surface area contributed by atoms with Crippen molar-refractivity contribution in [1.29, 1.82) is 0 Å². The van der Waals surface area contributed by atoms with Gasteiger partial charge in [-0.1, -0.05) is 32.0 Å². The van der Waals surface area contributed by atoms with Gasteiger partial charge in [0.2, 0.25) is 5.91 Å². The summed E-state index contributed by atoms with van der Waals surface area (Å²) in [7, 11) is 1.88. The number of nitrogens with zero attached hydrogens (tertiary/aromatic N) is 1. The third kappa shape index (κ3) is 2.60. The lowest BCUT2D eigenvalue weighted by Crippen LogP contribution is -2.41. The van der Waals surface area contributed by atoms with E-state index < -0.39 is 0 Å². The number of carbonyl (C=O) groups is 1. The van der Waals surface area contributed by atoms with Crippen molar-refractivity contribution in [3.05, 3.63) is 29.8 Å². The fourth-order valence-corrected chi connectivity index (χ4v) is 2.35. The van der Waals surface area contributed by atoms with Crippen molar-refractivity contribution in [2.24, 2.45) is 5.92 Å². The van der Waals surface area contributed by atoms with Gasteiger partial charge in [-0.25, -0.2) is 0 Å². The largest absolute Gasteiger partial charge is 0.373 e. The Morgan fingerprint density at radius 3 is 2.82 bits per heavy atom. The molecule has 3 nitrogen and oxygen atoms in total. The van der Waals surface area contributed by atoms with Crippen molar-refractivity contribution in [3.63, 3.8) is 0 Å². The number of para-hydroxylation sites is 1. The van der Waals surface area contributed by atoms with E-state index >= 15 is 0 Å². The maximum atomic E-state index is 12.2. The van der Waals surface area contributed by atoms with Crippen LogP contribution in [0.2, 0.25) is 0 Å². The highest BCUT2D eigenvalue weighted by molar-refractivity contribution is 5.87. The van der Waals surface area contributed by atoms with Crippen molar-refractivity contribution in [3.8, 4) is 0 Å². The molecule has 0 aromatic heterocycles. The average Bonchev–Trinajstić information content (AvgIpc) is 2.70. The van der Waals surface area contributed by atoms with Crippen LogP contribution in [0.4, 0.5) is 5.69 Å². The Bertz CT molecular complexity index is 389. The van der Waals surface area contributed by atoms with Crippen LogP contribution >= 0.6 is 0 Å². The van der Waals surface area contributed by atoms with Gasteiger partial charge in [0, 0.05) is 25.7 Å². The zero-order valence-corrected chi connectivity index (χ0v) is 10.7. The fraction of sp³-hybridized carbons (Fsp3) is 0.500. The Balaban J connectivity index is 2.01. The molecule has 1 N–H and O–H groups in total. The molecule has 1 amide bonds. The monoisotopic (exact) mass is 232 g/mol. The van der Waals surface area contributed by atoms with Crippen molar-refractivity contribution in [1.82, 2.24) is 4.90 Å². The fourth-order valence-electron chi connectivity index (χ4n) is 2.35. The van der Waals surface area contributed by atoms with Crippen LogP contribution < -0.4 is 5.32 Å². The van der Waals surface area contributed by atoms with Gasteiger partial charge in [0.15, 0.2) is 0 Å². The summed E-state index contributed by atoms with van der Waals surface area (Å²) < 4.78 is 0. The number of rotatable bonds is 3. The lowest BCUT2D eigenvalue weighted by Gasteiger charge is -2.23. The number of anilines is 1. The maximum Gasteiger partial charge on any atom is 0.245 e. The minimum absolute atomic E-state index is 0.0869. The van der Waals surface area contributed by atoms with Gasteiger partial charge in [-0.2, -0.15) is 0 Å². The molecule has 0 radical (unpaired) electrons. The smallest absolute Gasteiger partial charge is 0.245 e. The van der Waals surface area contributed by atoms with Crippen LogP contribution in [-0.2, 0) is 11.2 Å². The number of benzene rings is 1. The molecule has 0 bridgehead atoms. The van der Waals surface area contributed by atoms with Gasteiger partial charge in [0.05, 0.1) is 0 Å². The molecule has 1 atom stereocenters. The molecule has 0 fully saturated rings. The molecule has 1 aromatic carbocycles. The average molecular weight is 232 g/mol. The van der Waals surface area contributed by atoms with Crippen molar-refractivity contribution >= 4 is 11.6 Å². The summed E-state index contributed by atoms with van der Waals surface area (Å²) >= 11 is 0. The van der Waals surface area contributed by atoms with Crippen LogP contribution in [-0.4, -0.2) is 30.4 Å². The molecule has 1 heterocycles. The molecule has 92 valence electrons. The molecule has 17 heavy (non-hydrogen) atoms. The molecule has 0 unspecified atom stereocenters. The number of hydrogen-bond acceptors (Lipinski definition) is 2. The highest BCUT2D eigenvalue weighted by Crippen LogP contribution is 2.25. The second kappa shape index (κ2) is 4.78. The van der Waals surface area contributed by atoms with E-state index in [9.17, 15) is 4.79 Å². The molecule has 0 aliphatic carbocycles. The van der Waals surface area contributed by atoms with E-state index in [0.29, 0.717) is 5.92 Å². The first-order valence-electron chi connectivity index (χ1n) is 6.17. The van der Waals surface area contributed by atoms with Crippen LogP contribution in [0.25, 0.3) is 0 Å². The number of amides is 1. The predicted octanol–water partition coefficient (Wildman–Crippen LogP) is 2.14. The summed E-state index contributed by atoms with van der Waals surface area (Å²) in [6.07, 6.45) is 0.803. The molecular weight excluding hydrogens is 212 g/mol. The first-order chi connectivity index (χ1) is 8.08. The quantitative estimate of drug-likeness (QED) is 0.866. The highest BCUT2D eigenvalue weighted by atomic mass is 16.2. The standard InChI is InChI=1S/C14H20N2O/c1-10(2)9-16(3)14(17)13-8-11-6-4-5-7-12(11)15-13/h4-7,10,13,15H,8-9H2,1-3H3/t13-/m0/s1. The zero-order valence-electron chi connectivity index (χ0n) is 10.7. The van der Waals surface area contributed by atoms with Crippen LogP contribution in [0.3, 0.4) is 0 Å². The Morgan fingerprint density at radius 1 is 1.47 bits per heavy atom. The summed E-state index contributed by atoms with van der Waals surface area (Å²) in [5.41, 5.74) is 2.34. The minimum atomic E-state index is -0.0869. The Morgan fingerprint density at radius 2 is 2.18 bits per heavy atom. The topological polar surface area (TPSA) is 32.3 Å². The van der Waals surface area contributed by atoms with E-state index in [4.69, 9.17) is 0 Å². The molecule has 1 aliphatic rings. The summed E-state index contributed by atoms with van der Waals surface area (Å²) in [6.45, 7) is 5.06. The van der Waals surface area contributed by atoms with E-state index in [1.807, 2.05) is 30.1 Å². The molecule has 3 heteroatoms. The van der Waals surface area contributed by atoms with Crippen molar-refractivity contribution < 1.29 is 4.79 Å². The number of nitrogens with one attached hydrogen (secondary N) is 1. The van der Waals surface area contributed by atoms with Gasteiger partial charge in [-0.3, -0.25) is 4.79 Å². The number of carbonyl (C=O) groups excluding carboxylic acids is 1. The van der Waals surface area contributed by atoms with Gasteiger partial charge < -0.3 is 10.2 Å². The molecule has 1 aliphatic heterocycles. The highest BCUT2D eigenvalue weighted by Gasteiger charge is 2.28. The van der Waals surface area contributed by atoms with Gasteiger partial charge in [0.25, 0.3) is 0 Å². The van der Waals surface area contributed by atoms with Crippen LogP contribution in [0.5, 0.6) is 0 Å². The minimum Gasteiger partial charge on any atom is -0.373 e. The maximum absolute atomic E-state index is 12.2. The van der Waals surface area contributed by atoms with E-state index in [1.165, 1.54) is 5.56 Å². The lowest BCUT2D eigenvalue weighted by atomic mass is 10.1. The third-order valence-corrected chi connectivity index (χ3v) is 3.08. The molecule has 0 saturated carbocycles. The van der Waals surface area contributed by atoms with Crippen LogP contribution in [0.15, 0.2) is 24.3 Å². The summed E-state index contributed by atoms with van der Waals surface area (Å²) in [4.78, 5) is 14.0. The lowest BCUT2D eigenvalue weighted by molar-refractivity contribution is -0.131. The first kappa shape index (κ1) is 12.0. The predicted molar refractivity (Wildman–Crippen MR) is 70.0 cm³/mol. The van der Waals surface area contributed by atoms with E-state index in [2.05, 4.69) is 25.2 Å². The summed E-state index contributed by atoms with van der Waals surface area (Å²) in [5.74, 6) is 0.697. The van der Waals surface area contributed by atoms with E-state index in [-0.39, 0.29) is 11.9 Å². The first-order valence-corrected chi connectivity index (χ1v) is 6.17. The number of hydrogen-bond donors (Lipinski definition) is 1. The molecule has 1 aromatic rings. The molecular formula is C14H20N2O. The summed E-state index contributed by atoms with van der Waals surface area (Å²) in [5, 5.41) is 3.30. The van der Waals surface area contributed by atoms with Crippen molar-refractivity contribution in [2.75, 3.05) is 18.9 Å².